The first kappa shape index (κ1) is 20.2. The van der Waals surface area contributed by atoms with Crippen LogP contribution in [0.1, 0.15) is 17.9 Å². The topological polar surface area (TPSA) is 55.1 Å². The third-order valence-corrected chi connectivity index (χ3v) is 4.70. The van der Waals surface area contributed by atoms with E-state index in [1.54, 1.807) is 0 Å². The van der Waals surface area contributed by atoms with E-state index in [0.717, 1.165) is 28.1 Å². The molecule has 0 radical (unpaired) electrons. The Balaban J connectivity index is 1.41. The minimum Gasteiger partial charge on any atom is -0.440 e. The Morgan fingerprint density at radius 1 is 0.839 bits per heavy atom. The Labute approximate surface area is 182 Å². The maximum atomic E-state index is 12.2. The molecule has 4 rings (SSSR count). The van der Waals surface area contributed by atoms with Gasteiger partial charge in [-0.2, -0.15) is 0 Å². The van der Waals surface area contributed by atoms with Gasteiger partial charge in [0.05, 0.1) is 6.54 Å². The lowest BCUT2D eigenvalue weighted by atomic mass is 10.1. The summed E-state index contributed by atoms with van der Waals surface area (Å²) in [5.74, 6) is 7.17. The quantitative estimate of drug-likeness (QED) is 0.453. The van der Waals surface area contributed by atoms with Gasteiger partial charge in [-0.1, -0.05) is 90.7 Å². The van der Waals surface area contributed by atoms with E-state index in [9.17, 15) is 4.79 Å². The predicted octanol–water partition coefficient (Wildman–Crippen LogP) is 5.11. The van der Waals surface area contributed by atoms with Crippen molar-refractivity contribution in [3.63, 3.8) is 0 Å². The minimum absolute atomic E-state index is 0.0805. The molecule has 4 heteroatoms. The number of nitrogens with zero attached hydrogens (tertiary/aromatic N) is 1. The zero-order valence-electron chi connectivity index (χ0n) is 17.0. The number of carbonyl (C=O) groups excluding carboxylic acids is 1. The summed E-state index contributed by atoms with van der Waals surface area (Å²) in [7, 11) is 0. The van der Waals surface area contributed by atoms with Crippen molar-refractivity contribution >= 4 is 5.91 Å². The highest BCUT2D eigenvalue weighted by molar-refractivity contribution is 5.78. The first-order valence-electron chi connectivity index (χ1n) is 10.2. The van der Waals surface area contributed by atoms with Gasteiger partial charge in [-0.25, -0.2) is 4.98 Å². The van der Waals surface area contributed by atoms with Crippen LogP contribution in [0, 0.1) is 11.8 Å². The molecule has 0 fully saturated rings. The van der Waals surface area contributed by atoms with Gasteiger partial charge in [0.1, 0.15) is 5.69 Å². The van der Waals surface area contributed by atoms with Crippen LogP contribution in [0.2, 0.25) is 0 Å². The number of aryl methyl sites for hydroxylation is 1. The highest BCUT2D eigenvalue weighted by Crippen LogP contribution is 2.32. The van der Waals surface area contributed by atoms with Gasteiger partial charge in [0.25, 0.3) is 0 Å². The number of carbonyl (C=O) groups is 1. The number of aromatic nitrogens is 1. The second-order valence-corrected chi connectivity index (χ2v) is 6.96. The molecule has 1 N–H and O–H groups in total. The highest BCUT2D eigenvalue weighted by Gasteiger charge is 2.17. The number of hydrogen-bond acceptors (Lipinski definition) is 3. The Bertz CT molecular complexity index is 1130. The van der Waals surface area contributed by atoms with Gasteiger partial charge in [-0.05, 0) is 12.1 Å². The van der Waals surface area contributed by atoms with Crippen molar-refractivity contribution in [3.05, 3.63) is 102 Å². The van der Waals surface area contributed by atoms with Gasteiger partial charge < -0.3 is 9.73 Å². The number of amides is 1. The fourth-order valence-corrected chi connectivity index (χ4v) is 3.17. The van der Waals surface area contributed by atoms with Crippen LogP contribution in [0.25, 0.3) is 22.6 Å². The maximum absolute atomic E-state index is 12.2. The van der Waals surface area contributed by atoms with Gasteiger partial charge >= 0.3 is 0 Å². The molecule has 0 bridgehead atoms. The SMILES string of the molecule is O=C(CCc1nc(-c2ccccc2)c(-c2ccccc2)o1)NCC#Cc1ccccc1. The van der Waals surface area contributed by atoms with Crippen LogP contribution in [-0.4, -0.2) is 17.4 Å². The van der Waals surface area contributed by atoms with Crippen LogP contribution in [0.5, 0.6) is 0 Å². The zero-order valence-corrected chi connectivity index (χ0v) is 17.0. The summed E-state index contributed by atoms with van der Waals surface area (Å²) in [4.78, 5) is 16.9. The average Bonchev–Trinajstić information content (AvgIpc) is 3.27. The fraction of sp³-hybridized carbons (Fsp3) is 0.111. The van der Waals surface area contributed by atoms with E-state index in [1.807, 2.05) is 91.0 Å². The summed E-state index contributed by atoms with van der Waals surface area (Å²) in [6.07, 6.45) is 0.709. The van der Waals surface area contributed by atoms with Gasteiger partial charge in [-0.3, -0.25) is 4.79 Å². The molecule has 1 amide bonds. The predicted molar refractivity (Wildman–Crippen MR) is 122 cm³/mol. The monoisotopic (exact) mass is 406 g/mol. The van der Waals surface area contributed by atoms with Gasteiger partial charge in [0, 0.05) is 29.5 Å². The number of benzene rings is 3. The number of oxazole rings is 1. The van der Waals surface area contributed by atoms with Crippen LogP contribution in [0.4, 0.5) is 0 Å². The second-order valence-electron chi connectivity index (χ2n) is 6.96. The molecule has 0 saturated heterocycles. The van der Waals surface area contributed by atoms with E-state index in [4.69, 9.17) is 9.40 Å². The van der Waals surface area contributed by atoms with Crippen molar-refractivity contribution in [3.8, 4) is 34.4 Å². The summed E-state index contributed by atoms with van der Waals surface area (Å²) in [5, 5.41) is 2.83. The first-order chi connectivity index (χ1) is 15.3. The number of hydrogen-bond donors (Lipinski definition) is 1. The summed E-state index contributed by atoms with van der Waals surface area (Å²) in [5.41, 5.74) is 3.66. The summed E-state index contributed by atoms with van der Waals surface area (Å²) < 4.78 is 6.07. The molecular weight excluding hydrogens is 384 g/mol. The van der Waals surface area contributed by atoms with Crippen molar-refractivity contribution in [1.82, 2.24) is 10.3 Å². The molecule has 0 atom stereocenters. The molecule has 31 heavy (non-hydrogen) atoms. The number of rotatable bonds is 6. The molecule has 0 aliphatic heterocycles. The van der Waals surface area contributed by atoms with Crippen LogP contribution in [-0.2, 0) is 11.2 Å². The Morgan fingerprint density at radius 3 is 2.13 bits per heavy atom. The number of nitrogens with one attached hydrogen (secondary N) is 1. The molecule has 4 nitrogen and oxygen atoms in total. The van der Waals surface area contributed by atoms with Crippen molar-refractivity contribution in [2.75, 3.05) is 6.54 Å². The molecule has 0 aliphatic rings. The molecule has 0 aliphatic carbocycles. The molecule has 0 saturated carbocycles. The van der Waals surface area contributed by atoms with E-state index in [1.165, 1.54) is 0 Å². The second kappa shape index (κ2) is 10.1. The molecule has 0 unspecified atom stereocenters. The lowest BCUT2D eigenvalue weighted by Crippen LogP contribution is -2.23. The van der Waals surface area contributed by atoms with Crippen molar-refractivity contribution < 1.29 is 9.21 Å². The summed E-state index contributed by atoms with van der Waals surface area (Å²) in [6, 6.07) is 29.5. The van der Waals surface area contributed by atoms with Crippen LogP contribution in [0.3, 0.4) is 0 Å². The lowest BCUT2D eigenvalue weighted by Gasteiger charge is -2.01. The smallest absolute Gasteiger partial charge is 0.221 e. The van der Waals surface area contributed by atoms with Gasteiger partial charge in [0.2, 0.25) is 5.91 Å². The Kier molecular flexibility index (Phi) is 6.57. The van der Waals surface area contributed by atoms with Crippen LogP contribution < -0.4 is 5.32 Å². The first-order valence-corrected chi connectivity index (χ1v) is 10.2. The normalized spacial score (nSPS) is 10.2. The van der Waals surface area contributed by atoms with Gasteiger partial charge in [0.15, 0.2) is 11.7 Å². The van der Waals surface area contributed by atoms with Crippen LogP contribution in [0.15, 0.2) is 95.4 Å². The highest BCUT2D eigenvalue weighted by atomic mass is 16.4. The fourth-order valence-electron chi connectivity index (χ4n) is 3.17. The van der Waals surface area contributed by atoms with E-state index >= 15 is 0 Å². The van der Waals surface area contributed by atoms with Crippen molar-refractivity contribution in [2.45, 2.75) is 12.8 Å². The Morgan fingerprint density at radius 2 is 1.45 bits per heavy atom. The molecule has 4 aromatic rings. The molecule has 0 spiro atoms. The third-order valence-electron chi connectivity index (χ3n) is 4.70. The van der Waals surface area contributed by atoms with Crippen molar-refractivity contribution in [2.24, 2.45) is 0 Å². The minimum atomic E-state index is -0.0805. The summed E-state index contributed by atoms with van der Waals surface area (Å²) >= 11 is 0. The molecular formula is C27H22N2O2. The molecule has 1 aromatic heterocycles. The third kappa shape index (κ3) is 5.49. The van der Waals surface area contributed by atoms with E-state index in [-0.39, 0.29) is 12.3 Å². The van der Waals surface area contributed by atoms with E-state index in [0.29, 0.717) is 18.9 Å². The summed E-state index contributed by atoms with van der Waals surface area (Å²) in [6.45, 7) is 0.309. The van der Waals surface area contributed by atoms with Gasteiger partial charge in [-0.15, -0.1) is 0 Å². The molecule has 152 valence electrons. The van der Waals surface area contributed by atoms with Crippen molar-refractivity contribution in [1.29, 1.82) is 0 Å². The average molecular weight is 406 g/mol. The Hall–Kier alpha value is -4.10. The maximum Gasteiger partial charge on any atom is 0.221 e. The van der Waals surface area contributed by atoms with E-state index in [2.05, 4.69) is 17.2 Å². The molecule has 3 aromatic carbocycles. The zero-order chi connectivity index (χ0) is 21.3. The standard InChI is InChI=1S/C27H22N2O2/c30-24(28-20-10-13-21-11-4-1-5-12-21)18-19-25-29-26(22-14-6-2-7-15-22)27(31-25)23-16-8-3-9-17-23/h1-9,11-12,14-17H,18-20H2,(H,28,30). The molecule has 1 heterocycles. The van der Waals surface area contributed by atoms with E-state index < -0.39 is 0 Å². The largest absolute Gasteiger partial charge is 0.440 e. The lowest BCUT2D eigenvalue weighted by molar-refractivity contribution is -0.120. The van der Waals surface area contributed by atoms with Crippen LogP contribution >= 0.6 is 0 Å².